The standard InChI is InChI=1S/C22H21N3OS/c1-3-13-27-22-20-17(16-9-5-4-6-10-16)14-25(21(20)23-15-24-22)18-11-7-8-12-19(18)26-2/h4-12,14-15H,3,13H2,1-2H3. The minimum Gasteiger partial charge on any atom is -0.495 e. The Morgan fingerprint density at radius 2 is 1.78 bits per heavy atom. The predicted octanol–water partition coefficient (Wildman–Crippen LogP) is 5.60. The molecule has 136 valence electrons. The highest BCUT2D eigenvalue weighted by molar-refractivity contribution is 7.99. The molecule has 5 heteroatoms. The maximum absolute atomic E-state index is 5.59. The quantitative estimate of drug-likeness (QED) is 0.325. The summed E-state index contributed by atoms with van der Waals surface area (Å²) >= 11 is 1.78. The molecular formula is C22H21N3OS. The number of nitrogens with zero attached hydrogens (tertiary/aromatic N) is 3. The number of ether oxygens (including phenoxy) is 1. The van der Waals surface area contributed by atoms with Crippen LogP contribution in [0.2, 0.25) is 0 Å². The first kappa shape index (κ1) is 17.6. The summed E-state index contributed by atoms with van der Waals surface area (Å²) in [5.74, 6) is 1.84. The van der Waals surface area contributed by atoms with Gasteiger partial charge in [0.2, 0.25) is 0 Å². The fraction of sp³-hybridized carbons (Fsp3) is 0.182. The van der Waals surface area contributed by atoms with Crippen LogP contribution in [0, 0.1) is 0 Å². The number of para-hydroxylation sites is 2. The molecule has 0 fully saturated rings. The van der Waals surface area contributed by atoms with Gasteiger partial charge in [-0.25, -0.2) is 9.97 Å². The summed E-state index contributed by atoms with van der Waals surface area (Å²) in [7, 11) is 1.69. The van der Waals surface area contributed by atoms with Gasteiger partial charge in [0.15, 0.2) is 0 Å². The highest BCUT2D eigenvalue weighted by Gasteiger charge is 2.18. The third-order valence-corrected chi connectivity index (χ3v) is 5.62. The summed E-state index contributed by atoms with van der Waals surface area (Å²) in [4.78, 5) is 9.22. The lowest BCUT2D eigenvalue weighted by atomic mass is 10.1. The predicted molar refractivity (Wildman–Crippen MR) is 112 cm³/mol. The molecule has 0 N–H and O–H groups in total. The molecule has 0 spiro atoms. The molecule has 4 nitrogen and oxygen atoms in total. The zero-order valence-corrected chi connectivity index (χ0v) is 16.2. The summed E-state index contributed by atoms with van der Waals surface area (Å²) in [5, 5.41) is 2.11. The van der Waals surface area contributed by atoms with E-state index in [0.717, 1.165) is 50.8 Å². The average Bonchev–Trinajstić information content (AvgIpc) is 3.13. The first-order valence-electron chi connectivity index (χ1n) is 9.01. The van der Waals surface area contributed by atoms with Gasteiger partial charge in [-0.1, -0.05) is 49.4 Å². The molecule has 0 radical (unpaired) electrons. The Bertz CT molecular complexity index is 1060. The number of benzene rings is 2. The molecule has 2 heterocycles. The van der Waals surface area contributed by atoms with E-state index < -0.39 is 0 Å². The Morgan fingerprint density at radius 1 is 1.00 bits per heavy atom. The van der Waals surface area contributed by atoms with Crippen molar-refractivity contribution in [1.29, 1.82) is 0 Å². The summed E-state index contributed by atoms with van der Waals surface area (Å²) in [6.07, 6.45) is 4.90. The van der Waals surface area contributed by atoms with Crippen molar-refractivity contribution in [2.75, 3.05) is 12.9 Å². The number of hydrogen-bond donors (Lipinski definition) is 0. The van der Waals surface area contributed by atoms with Crippen molar-refractivity contribution in [3.63, 3.8) is 0 Å². The van der Waals surface area contributed by atoms with Crippen molar-refractivity contribution < 1.29 is 4.74 Å². The largest absolute Gasteiger partial charge is 0.495 e. The van der Waals surface area contributed by atoms with Gasteiger partial charge in [0.1, 0.15) is 22.7 Å². The van der Waals surface area contributed by atoms with Crippen molar-refractivity contribution in [3.8, 4) is 22.6 Å². The first-order valence-corrected chi connectivity index (χ1v) is 9.99. The first-order chi connectivity index (χ1) is 13.3. The Morgan fingerprint density at radius 3 is 2.56 bits per heavy atom. The number of fused-ring (bicyclic) bond motifs is 1. The van der Waals surface area contributed by atoms with Crippen LogP contribution >= 0.6 is 11.8 Å². The van der Waals surface area contributed by atoms with E-state index in [1.807, 2.05) is 30.3 Å². The van der Waals surface area contributed by atoms with E-state index in [0.29, 0.717) is 0 Å². The molecule has 2 aromatic carbocycles. The van der Waals surface area contributed by atoms with Crippen LogP contribution in [0.25, 0.3) is 27.8 Å². The van der Waals surface area contributed by atoms with Gasteiger partial charge in [-0.2, -0.15) is 0 Å². The van der Waals surface area contributed by atoms with Crippen LogP contribution in [-0.2, 0) is 0 Å². The zero-order chi connectivity index (χ0) is 18.6. The maximum atomic E-state index is 5.59. The molecular weight excluding hydrogens is 354 g/mol. The van der Waals surface area contributed by atoms with Gasteiger partial charge in [-0.05, 0) is 29.9 Å². The Hall–Kier alpha value is -2.79. The van der Waals surface area contributed by atoms with Gasteiger partial charge in [0, 0.05) is 11.8 Å². The number of rotatable bonds is 6. The Kier molecular flexibility index (Phi) is 5.12. The van der Waals surface area contributed by atoms with Gasteiger partial charge in [0.05, 0.1) is 18.2 Å². The molecule has 0 unspecified atom stereocenters. The van der Waals surface area contributed by atoms with Crippen molar-refractivity contribution in [2.45, 2.75) is 18.4 Å². The normalized spacial score (nSPS) is 11.0. The molecule has 2 aromatic heterocycles. The smallest absolute Gasteiger partial charge is 0.149 e. The fourth-order valence-corrected chi connectivity index (χ4v) is 4.06. The van der Waals surface area contributed by atoms with E-state index in [9.17, 15) is 0 Å². The van der Waals surface area contributed by atoms with Crippen molar-refractivity contribution in [3.05, 3.63) is 67.1 Å². The molecule has 0 aliphatic rings. The van der Waals surface area contributed by atoms with Gasteiger partial charge >= 0.3 is 0 Å². The summed E-state index contributed by atoms with van der Waals surface area (Å²) in [5.41, 5.74) is 4.16. The topological polar surface area (TPSA) is 39.9 Å². The van der Waals surface area contributed by atoms with Crippen LogP contribution in [0.1, 0.15) is 13.3 Å². The van der Waals surface area contributed by atoms with Gasteiger partial charge in [0.25, 0.3) is 0 Å². The van der Waals surface area contributed by atoms with E-state index in [4.69, 9.17) is 4.74 Å². The van der Waals surface area contributed by atoms with Gasteiger partial charge < -0.3 is 4.74 Å². The fourth-order valence-electron chi connectivity index (χ4n) is 3.19. The molecule has 0 saturated heterocycles. The average molecular weight is 375 g/mol. The minimum atomic E-state index is 0.815. The Balaban J connectivity index is 2.01. The molecule has 4 aromatic rings. The number of aromatic nitrogens is 3. The van der Waals surface area contributed by atoms with E-state index in [1.165, 1.54) is 0 Å². The summed E-state index contributed by atoms with van der Waals surface area (Å²) in [6, 6.07) is 18.4. The number of thioether (sulfide) groups is 1. The third kappa shape index (κ3) is 3.30. The maximum Gasteiger partial charge on any atom is 0.149 e. The van der Waals surface area contributed by atoms with Gasteiger partial charge in [-0.15, -0.1) is 11.8 Å². The highest BCUT2D eigenvalue weighted by Crippen LogP contribution is 2.38. The summed E-state index contributed by atoms with van der Waals surface area (Å²) < 4.78 is 7.69. The second-order valence-electron chi connectivity index (χ2n) is 6.18. The van der Waals surface area contributed by atoms with Crippen molar-refractivity contribution in [1.82, 2.24) is 14.5 Å². The lowest BCUT2D eigenvalue weighted by Gasteiger charge is -2.10. The highest BCUT2D eigenvalue weighted by atomic mass is 32.2. The van der Waals surface area contributed by atoms with Crippen LogP contribution < -0.4 is 4.74 Å². The lowest BCUT2D eigenvalue weighted by Crippen LogP contribution is -1.98. The second-order valence-corrected chi connectivity index (χ2v) is 7.26. The summed E-state index contributed by atoms with van der Waals surface area (Å²) in [6.45, 7) is 2.18. The lowest BCUT2D eigenvalue weighted by molar-refractivity contribution is 0.413. The van der Waals surface area contributed by atoms with E-state index >= 15 is 0 Å². The molecule has 0 atom stereocenters. The number of methoxy groups -OCH3 is 1. The SMILES string of the molecule is CCCSc1ncnc2c1c(-c1ccccc1)cn2-c1ccccc1OC. The van der Waals surface area contributed by atoms with Crippen LogP contribution in [0.4, 0.5) is 0 Å². The molecule has 0 bridgehead atoms. The van der Waals surface area contributed by atoms with Gasteiger partial charge in [-0.3, -0.25) is 4.57 Å². The minimum absolute atomic E-state index is 0.815. The molecule has 0 aliphatic carbocycles. The van der Waals surface area contributed by atoms with Crippen LogP contribution in [0.3, 0.4) is 0 Å². The molecule has 4 rings (SSSR count). The van der Waals surface area contributed by atoms with Crippen LogP contribution in [-0.4, -0.2) is 27.4 Å². The van der Waals surface area contributed by atoms with Crippen LogP contribution in [0.5, 0.6) is 5.75 Å². The van der Waals surface area contributed by atoms with Crippen LogP contribution in [0.15, 0.2) is 72.1 Å². The van der Waals surface area contributed by atoms with Crippen molar-refractivity contribution >= 4 is 22.8 Å². The Labute approximate surface area is 163 Å². The zero-order valence-electron chi connectivity index (χ0n) is 15.4. The van der Waals surface area contributed by atoms with E-state index in [1.54, 1.807) is 25.2 Å². The third-order valence-electron chi connectivity index (χ3n) is 4.42. The second kappa shape index (κ2) is 7.84. The molecule has 0 amide bonds. The molecule has 27 heavy (non-hydrogen) atoms. The van der Waals surface area contributed by atoms with E-state index in [-0.39, 0.29) is 0 Å². The van der Waals surface area contributed by atoms with E-state index in [2.05, 4.69) is 51.9 Å². The molecule has 0 saturated carbocycles. The monoisotopic (exact) mass is 375 g/mol. The number of hydrogen-bond acceptors (Lipinski definition) is 4. The molecule has 0 aliphatic heterocycles. The van der Waals surface area contributed by atoms with Crippen molar-refractivity contribution in [2.24, 2.45) is 0 Å².